The molecule has 0 aliphatic rings. The Kier molecular flexibility index (Phi) is 19.3. The second-order valence-electron chi connectivity index (χ2n) is 11.6. The van der Waals surface area contributed by atoms with Crippen LogP contribution in [0.4, 0.5) is 28.7 Å². The number of phenolic OH excluding ortho intramolecular Hbond substituents is 1. The van der Waals surface area contributed by atoms with Gasteiger partial charge < -0.3 is 35.5 Å². The number of hydrogen-bond acceptors (Lipinski definition) is 20. The van der Waals surface area contributed by atoms with Gasteiger partial charge in [-0.25, -0.2) is 21.4 Å². The Hall–Kier alpha value is -4.22. The molecular formula is C35H27ClN8Na2O13S3. The number of fused-ring (bicyclic) bond motifs is 1. The number of benzene rings is 4. The van der Waals surface area contributed by atoms with Crippen molar-refractivity contribution in [1.82, 2.24) is 15.0 Å². The van der Waals surface area contributed by atoms with Crippen molar-refractivity contribution in [2.45, 2.75) is 17.2 Å². The summed E-state index contributed by atoms with van der Waals surface area (Å²) in [7, 11) is -9.04. The minimum absolute atomic E-state index is 0. The normalized spacial score (nSPS) is 11.3. The molecule has 0 aliphatic heterocycles. The van der Waals surface area contributed by atoms with Crippen LogP contribution in [0.15, 0.2) is 117 Å². The van der Waals surface area contributed by atoms with Crippen LogP contribution >= 0.6 is 23.6 Å². The molecule has 0 spiro atoms. The van der Waals surface area contributed by atoms with Gasteiger partial charge in [0.05, 0.1) is 58.2 Å². The summed E-state index contributed by atoms with van der Waals surface area (Å²) in [5, 5.41) is 51.2. The number of hydrogen-bond donors (Lipinski definition) is 3. The second-order valence-corrected chi connectivity index (χ2v) is 15.9. The maximum atomic E-state index is 12.9. The number of rotatable bonds is 16. The number of carbonyl (C=O) groups excluding carboxylic acids is 2. The quantitative estimate of drug-likeness (QED) is 0.0133. The minimum atomic E-state index is -5.05. The molecule has 2 aromatic heterocycles. The smallest absolute Gasteiger partial charge is 0.726 e. The molecule has 6 aromatic rings. The first-order chi connectivity index (χ1) is 28.1. The molecule has 0 aliphatic carbocycles. The maximum Gasteiger partial charge on any atom is 1.00 e. The Morgan fingerprint density at radius 3 is 2.26 bits per heavy atom. The largest absolute Gasteiger partial charge is 1.00 e. The number of aromatic nitrogens is 4. The molecule has 27 heteroatoms. The van der Waals surface area contributed by atoms with E-state index in [4.69, 9.17) is 11.6 Å². The summed E-state index contributed by atoms with van der Waals surface area (Å²) in [6.45, 7) is -0.852. The molecule has 0 saturated heterocycles. The van der Waals surface area contributed by atoms with Crippen LogP contribution in [0.2, 0.25) is 5.28 Å². The van der Waals surface area contributed by atoms with Crippen LogP contribution in [-0.2, 0) is 33.8 Å². The number of carboxylic acids is 1. The predicted octanol–water partition coefficient (Wildman–Crippen LogP) is -2.44. The van der Waals surface area contributed by atoms with E-state index in [1.54, 1.807) is 18.2 Å². The maximum absolute atomic E-state index is 12.9. The zero-order valence-electron chi connectivity index (χ0n) is 31.3. The molecule has 0 radical (unpaired) electrons. The van der Waals surface area contributed by atoms with Gasteiger partial charge in [-0.2, -0.15) is 14.4 Å². The molecule has 6 rings (SSSR count). The minimum Gasteiger partial charge on any atom is -0.726 e. The van der Waals surface area contributed by atoms with Crippen LogP contribution in [0.25, 0.3) is 16.7 Å². The first kappa shape index (κ1) is 52.1. The molecule has 0 atom stereocenters. The van der Waals surface area contributed by atoms with Crippen LogP contribution in [-0.4, -0.2) is 65.7 Å². The van der Waals surface area contributed by atoms with Crippen molar-refractivity contribution < 1.29 is 124 Å². The molecule has 0 unspecified atom stereocenters. The van der Waals surface area contributed by atoms with Crippen molar-refractivity contribution in [2.75, 3.05) is 23.0 Å². The van der Waals surface area contributed by atoms with E-state index in [9.17, 15) is 46.4 Å². The van der Waals surface area contributed by atoms with E-state index in [0.29, 0.717) is 28.5 Å². The monoisotopic (exact) mass is 944 g/mol. The van der Waals surface area contributed by atoms with Crippen LogP contribution in [0.1, 0.15) is 28.1 Å². The zero-order chi connectivity index (χ0) is 42.3. The van der Waals surface area contributed by atoms with Gasteiger partial charge in [-0.15, -0.1) is 5.11 Å². The van der Waals surface area contributed by atoms with E-state index < -0.39 is 44.5 Å². The molecule has 0 fully saturated rings. The van der Waals surface area contributed by atoms with Crippen molar-refractivity contribution in [3.8, 4) is 11.7 Å². The van der Waals surface area contributed by atoms with E-state index in [-0.39, 0.29) is 127 Å². The third-order valence-corrected chi connectivity index (χ3v) is 10.7. The molecule has 0 saturated carbocycles. The third kappa shape index (κ3) is 13.9. The molecular weight excluding hydrogens is 918 g/mol. The van der Waals surface area contributed by atoms with Crippen molar-refractivity contribution in [2.24, 2.45) is 10.2 Å². The van der Waals surface area contributed by atoms with Gasteiger partial charge in [-0.1, -0.05) is 7.43 Å². The summed E-state index contributed by atoms with van der Waals surface area (Å²) in [5.74, 6) is -3.07. The van der Waals surface area contributed by atoms with E-state index >= 15 is 0 Å². The van der Waals surface area contributed by atoms with Gasteiger partial charge in [0, 0.05) is 27.9 Å². The number of nitrogens with zero attached hydrogens (tertiary/aromatic N) is 6. The Bertz CT molecular complexity index is 2830. The molecule has 62 heavy (non-hydrogen) atoms. The third-order valence-electron chi connectivity index (χ3n) is 7.77. The molecule has 0 bridgehead atoms. The van der Waals surface area contributed by atoms with Gasteiger partial charge in [0.1, 0.15) is 5.69 Å². The number of aromatic carboxylic acids is 1. The number of pyridine rings is 1. The van der Waals surface area contributed by atoms with Crippen molar-refractivity contribution in [3.05, 3.63) is 114 Å². The van der Waals surface area contributed by atoms with Gasteiger partial charge in [0.2, 0.25) is 10.4 Å². The summed E-state index contributed by atoms with van der Waals surface area (Å²) in [4.78, 5) is 36.5. The van der Waals surface area contributed by atoms with Crippen LogP contribution in [0, 0.1) is 0 Å². The van der Waals surface area contributed by atoms with Crippen LogP contribution in [0.5, 0.6) is 5.75 Å². The van der Waals surface area contributed by atoms with Gasteiger partial charge in [-0.3, -0.25) is 14.0 Å². The fraction of sp³-hybridized carbons (Fsp3) is 0.0857. The second kappa shape index (κ2) is 22.9. The summed E-state index contributed by atoms with van der Waals surface area (Å²) in [6, 6.07) is 19.8. The van der Waals surface area contributed by atoms with Crippen LogP contribution < -0.4 is 84.7 Å². The van der Waals surface area contributed by atoms with Gasteiger partial charge in [0.25, 0.3) is 5.91 Å². The molecule has 312 valence electrons. The molecule has 4 aromatic carbocycles. The summed E-state index contributed by atoms with van der Waals surface area (Å²) in [6.07, 6.45) is 2.74. The Morgan fingerprint density at radius 1 is 0.903 bits per heavy atom. The number of nitrogens with one attached hydrogen (secondary N) is 2. The molecule has 2 heterocycles. The van der Waals surface area contributed by atoms with Gasteiger partial charge in [-0.05, 0) is 112 Å². The number of carbonyl (C=O) groups is 2. The number of sulfone groups is 1. The summed E-state index contributed by atoms with van der Waals surface area (Å²) in [5.41, 5.74) is 0.869. The number of azo groups is 1. The zero-order valence-corrected chi connectivity index (χ0v) is 38.5. The Labute approximate surface area is 406 Å². The van der Waals surface area contributed by atoms with Crippen LogP contribution in [0.3, 0.4) is 0 Å². The van der Waals surface area contributed by atoms with E-state index in [0.717, 1.165) is 0 Å². The summed E-state index contributed by atoms with van der Waals surface area (Å²) < 4.78 is 66.2. The van der Waals surface area contributed by atoms with Crippen molar-refractivity contribution >= 4 is 95.2 Å². The average molecular weight is 945 g/mol. The standard InChI is InChI=1S/C34H25ClN8O13S3.CH4.2Na/c35-32-38-33(40-34(39-32)43-13-1-2-20(18-43)31(46)47)37-24-9-12-26-21(16-24)17-27(57-56-55-48)28(29(26)44)42-41-23-5-3-19(4-6-23)30(45)36-22-7-10-25(11-8-22)58(49,50)15-14-54-59(51,52)53;;;/h1-13,16-18H,14-15H2,(H5-,36,37,38,39,40,44,45,46,47,48,51,52,53);1H4;;/q;;2*+1/p-2. The first-order valence-electron chi connectivity index (χ1n) is 16.2. The van der Waals surface area contributed by atoms with E-state index in [1.165, 1.54) is 83.7 Å². The Morgan fingerprint density at radius 2 is 1.60 bits per heavy atom. The fourth-order valence-electron chi connectivity index (χ4n) is 5.10. The van der Waals surface area contributed by atoms with Gasteiger partial charge >= 0.3 is 76.3 Å². The molecule has 1 amide bonds. The number of phenols is 1. The molecule has 21 nitrogen and oxygen atoms in total. The van der Waals surface area contributed by atoms with E-state index in [1.807, 2.05) is 0 Å². The number of amides is 1. The first-order valence-corrected chi connectivity index (χ1v) is 20.3. The summed E-state index contributed by atoms with van der Waals surface area (Å²) >= 11 is 6.57. The Balaban J connectivity index is 0.00000341. The van der Waals surface area contributed by atoms with Crippen molar-refractivity contribution in [3.63, 3.8) is 0 Å². The number of halogens is 1. The number of anilines is 3. The van der Waals surface area contributed by atoms with E-state index in [2.05, 4.69) is 49.4 Å². The SMILES string of the molecule is C.O=C([O-])c1ccc[n+](-c2nc(Cl)nc(Nc3ccc4c(O)c(N=Nc5ccc(C(=O)Nc6ccc(S(=O)(=O)CCOS(=O)(=O)[O-])cc6)cc5)c(SOO[O-])cc4c3)n2)c1.[Na+].[Na+]. The fourth-order valence-corrected chi connectivity index (χ4v) is 7.23. The molecule has 3 N–H and O–H groups in total. The number of aromatic hydroxyl groups is 1. The van der Waals surface area contributed by atoms with Crippen molar-refractivity contribution in [1.29, 1.82) is 0 Å². The topological polar surface area (TPSA) is 311 Å². The average Bonchev–Trinajstić information content (AvgIpc) is 3.19. The number of carboxylic acid groups (broad SMARTS) is 1. The predicted molar refractivity (Wildman–Crippen MR) is 207 cm³/mol. The van der Waals surface area contributed by atoms with Gasteiger partial charge in [0.15, 0.2) is 15.6 Å².